The summed E-state index contributed by atoms with van der Waals surface area (Å²) in [5, 5.41) is 9.70. The summed E-state index contributed by atoms with van der Waals surface area (Å²) >= 11 is 0. The third-order valence-corrected chi connectivity index (χ3v) is 5.74. The minimum atomic E-state index is 0.130. The summed E-state index contributed by atoms with van der Waals surface area (Å²) in [5.74, 6) is 2.22. The second-order valence-electron chi connectivity index (χ2n) is 7.15. The Morgan fingerprint density at radius 1 is 1.40 bits per heavy atom. The molecule has 3 heterocycles. The first-order valence-electron chi connectivity index (χ1n) is 8.83. The maximum Gasteiger partial charge on any atom is 0.223 e. The molecule has 0 aromatic carbocycles. The number of H-pyrrole nitrogens is 1. The van der Waals surface area contributed by atoms with E-state index < -0.39 is 0 Å². The van der Waals surface area contributed by atoms with Gasteiger partial charge in [0.1, 0.15) is 17.8 Å². The third kappa shape index (κ3) is 2.82. The molecule has 0 spiro atoms. The smallest absolute Gasteiger partial charge is 0.223 e. The van der Waals surface area contributed by atoms with E-state index in [9.17, 15) is 4.79 Å². The lowest BCUT2D eigenvalue weighted by molar-refractivity contribution is -0.130. The summed E-state index contributed by atoms with van der Waals surface area (Å²) in [4.78, 5) is 28.3. The Bertz CT molecular complexity index is 810. The zero-order valence-electron chi connectivity index (χ0n) is 14.4. The molecule has 3 atom stereocenters. The number of likely N-dealkylation sites (tertiary alicyclic amines) is 1. The van der Waals surface area contributed by atoms with Crippen molar-refractivity contribution in [3.05, 3.63) is 18.6 Å². The Labute approximate surface area is 146 Å². The number of aromatic amines is 1. The fourth-order valence-corrected chi connectivity index (χ4v) is 4.42. The van der Waals surface area contributed by atoms with Gasteiger partial charge < -0.3 is 14.8 Å². The fraction of sp³-hybridized carbons (Fsp3) is 0.556. The summed E-state index contributed by atoms with van der Waals surface area (Å²) < 4.78 is 0. The summed E-state index contributed by atoms with van der Waals surface area (Å²) in [6.45, 7) is 1.67. The molecule has 7 heteroatoms. The Balaban J connectivity index is 1.42. The van der Waals surface area contributed by atoms with E-state index in [2.05, 4.69) is 33.0 Å². The maximum absolute atomic E-state index is 12.1. The molecule has 1 aliphatic heterocycles. The van der Waals surface area contributed by atoms with Crippen molar-refractivity contribution < 1.29 is 4.79 Å². The largest absolute Gasteiger partial charge is 0.356 e. The number of nitrogens with one attached hydrogen (secondary N) is 1. The number of carbonyl (C=O) groups excluding carboxylic acids is 1. The van der Waals surface area contributed by atoms with E-state index in [0.717, 1.165) is 42.8 Å². The number of fused-ring (bicyclic) bond motifs is 2. The summed E-state index contributed by atoms with van der Waals surface area (Å²) in [5.41, 5.74) is 0.865. The average molecular weight is 338 g/mol. The van der Waals surface area contributed by atoms with Crippen LogP contribution in [-0.2, 0) is 4.79 Å². The van der Waals surface area contributed by atoms with E-state index in [0.29, 0.717) is 30.7 Å². The van der Waals surface area contributed by atoms with Crippen LogP contribution in [0, 0.1) is 23.2 Å². The van der Waals surface area contributed by atoms with Gasteiger partial charge in [0.15, 0.2) is 0 Å². The summed E-state index contributed by atoms with van der Waals surface area (Å²) in [6, 6.07) is 4.52. The number of nitriles is 1. The van der Waals surface area contributed by atoms with Crippen molar-refractivity contribution >= 4 is 22.8 Å². The van der Waals surface area contributed by atoms with Gasteiger partial charge in [0, 0.05) is 45.2 Å². The predicted molar refractivity (Wildman–Crippen MR) is 93.7 cm³/mol. The molecule has 1 N–H and O–H groups in total. The number of aromatic nitrogens is 3. The van der Waals surface area contributed by atoms with E-state index in [1.54, 1.807) is 6.33 Å². The molecular weight excluding hydrogens is 316 g/mol. The molecular formula is C18H22N6O. The number of amides is 1. The van der Waals surface area contributed by atoms with Gasteiger partial charge in [0.05, 0.1) is 11.5 Å². The molecule has 1 saturated carbocycles. The van der Waals surface area contributed by atoms with Crippen molar-refractivity contribution in [3.63, 3.8) is 0 Å². The van der Waals surface area contributed by atoms with Crippen LogP contribution in [0.25, 0.3) is 11.0 Å². The normalized spacial score (nSPS) is 25.1. The van der Waals surface area contributed by atoms with Crippen LogP contribution in [0.15, 0.2) is 18.6 Å². The van der Waals surface area contributed by atoms with Crippen LogP contribution in [0.5, 0.6) is 0 Å². The van der Waals surface area contributed by atoms with E-state index in [1.165, 1.54) is 0 Å². The Morgan fingerprint density at radius 3 is 2.88 bits per heavy atom. The molecule has 2 aromatic rings. The molecule has 2 fully saturated rings. The van der Waals surface area contributed by atoms with Gasteiger partial charge in [-0.05, 0) is 30.7 Å². The standard InChI is InChI=1S/C18H22N6O/c1-23(18-15-4-6-20-17(15)21-11-22-18)14-7-12-9-24(10-13(12)8-14)16(25)3-2-5-19/h4,6,11-14H,2-3,7-10H2,1H3,(H,20,21,22)/t12-,13?,14?/m0/s1. The van der Waals surface area contributed by atoms with E-state index in [1.807, 2.05) is 17.2 Å². The number of carbonyl (C=O) groups is 1. The Hall–Kier alpha value is -2.62. The average Bonchev–Trinajstić information content (AvgIpc) is 3.31. The second kappa shape index (κ2) is 6.36. The highest BCUT2D eigenvalue weighted by atomic mass is 16.2. The zero-order chi connectivity index (χ0) is 17.4. The van der Waals surface area contributed by atoms with Crippen molar-refractivity contribution in [2.75, 3.05) is 25.0 Å². The van der Waals surface area contributed by atoms with Crippen molar-refractivity contribution in [3.8, 4) is 6.07 Å². The van der Waals surface area contributed by atoms with Gasteiger partial charge in [-0.1, -0.05) is 0 Å². The Kier molecular flexibility index (Phi) is 4.04. The molecule has 130 valence electrons. The second-order valence-corrected chi connectivity index (χ2v) is 7.15. The first-order chi connectivity index (χ1) is 12.2. The quantitative estimate of drug-likeness (QED) is 0.920. The molecule has 2 aromatic heterocycles. The van der Waals surface area contributed by atoms with Gasteiger partial charge in [-0.3, -0.25) is 4.79 Å². The molecule has 2 aliphatic rings. The van der Waals surface area contributed by atoms with Gasteiger partial charge in [0.25, 0.3) is 0 Å². The molecule has 0 radical (unpaired) electrons. The van der Waals surface area contributed by atoms with Gasteiger partial charge >= 0.3 is 0 Å². The third-order valence-electron chi connectivity index (χ3n) is 5.74. The highest BCUT2D eigenvalue weighted by Gasteiger charge is 2.43. The van der Waals surface area contributed by atoms with Crippen LogP contribution in [0.3, 0.4) is 0 Å². The zero-order valence-corrected chi connectivity index (χ0v) is 14.4. The van der Waals surface area contributed by atoms with Gasteiger partial charge in [-0.15, -0.1) is 0 Å². The van der Waals surface area contributed by atoms with Crippen LogP contribution < -0.4 is 4.90 Å². The number of hydrogen-bond acceptors (Lipinski definition) is 5. The van der Waals surface area contributed by atoms with Crippen molar-refractivity contribution in [2.45, 2.75) is 31.7 Å². The monoisotopic (exact) mass is 338 g/mol. The first-order valence-corrected chi connectivity index (χ1v) is 8.83. The van der Waals surface area contributed by atoms with Crippen LogP contribution in [0.2, 0.25) is 0 Å². The number of nitrogens with zero attached hydrogens (tertiary/aromatic N) is 5. The van der Waals surface area contributed by atoms with Crippen LogP contribution in [0.4, 0.5) is 5.82 Å². The van der Waals surface area contributed by atoms with Gasteiger partial charge in [-0.25, -0.2) is 9.97 Å². The SMILES string of the molecule is CN(c1ncnc2[nH]ccc12)C1CC2CN(C(=O)CCC#N)C[C@@H]2C1. The van der Waals surface area contributed by atoms with Crippen LogP contribution >= 0.6 is 0 Å². The van der Waals surface area contributed by atoms with E-state index in [-0.39, 0.29) is 5.91 Å². The van der Waals surface area contributed by atoms with Crippen LogP contribution in [-0.4, -0.2) is 51.9 Å². The summed E-state index contributed by atoms with van der Waals surface area (Å²) in [7, 11) is 2.11. The number of anilines is 1. The van der Waals surface area contributed by atoms with Crippen molar-refractivity contribution in [1.82, 2.24) is 19.9 Å². The topological polar surface area (TPSA) is 88.9 Å². The molecule has 25 heavy (non-hydrogen) atoms. The molecule has 1 aliphatic carbocycles. The lowest BCUT2D eigenvalue weighted by Gasteiger charge is -2.28. The molecule has 4 rings (SSSR count). The minimum Gasteiger partial charge on any atom is -0.356 e. The molecule has 0 bridgehead atoms. The van der Waals surface area contributed by atoms with E-state index in [4.69, 9.17) is 5.26 Å². The van der Waals surface area contributed by atoms with Crippen molar-refractivity contribution in [1.29, 1.82) is 5.26 Å². The highest BCUT2D eigenvalue weighted by molar-refractivity contribution is 5.87. The van der Waals surface area contributed by atoms with Gasteiger partial charge in [0.2, 0.25) is 5.91 Å². The van der Waals surface area contributed by atoms with Crippen molar-refractivity contribution in [2.24, 2.45) is 11.8 Å². The maximum atomic E-state index is 12.1. The van der Waals surface area contributed by atoms with E-state index >= 15 is 0 Å². The minimum absolute atomic E-state index is 0.130. The lowest BCUT2D eigenvalue weighted by atomic mass is 10.0. The molecule has 7 nitrogen and oxygen atoms in total. The number of hydrogen-bond donors (Lipinski definition) is 1. The molecule has 1 saturated heterocycles. The predicted octanol–water partition coefficient (Wildman–Crippen LogP) is 1.93. The first kappa shape index (κ1) is 15.9. The Morgan fingerprint density at radius 2 is 2.16 bits per heavy atom. The van der Waals surface area contributed by atoms with Gasteiger partial charge in [-0.2, -0.15) is 5.26 Å². The van der Waals surface area contributed by atoms with Crippen LogP contribution in [0.1, 0.15) is 25.7 Å². The fourth-order valence-electron chi connectivity index (χ4n) is 4.42. The molecule has 1 amide bonds. The highest BCUT2D eigenvalue weighted by Crippen LogP contribution is 2.41. The summed E-state index contributed by atoms with van der Waals surface area (Å²) in [6.07, 6.45) is 6.33. The number of rotatable bonds is 4. The lowest BCUT2D eigenvalue weighted by Crippen LogP contribution is -2.34. The molecule has 2 unspecified atom stereocenters.